The van der Waals surface area contributed by atoms with Crippen LogP contribution in [0.25, 0.3) is 0 Å². The first-order valence-corrected chi connectivity index (χ1v) is 15.3. The number of sulfone groups is 1. The molecule has 1 aliphatic heterocycles. The second-order valence-corrected chi connectivity index (χ2v) is 13.7. The van der Waals surface area contributed by atoms with E-state index in [4.69, 9.17) is 11.6 Å². The number of carbonyl (C=O) groups excluding carboxylic acids is 2. The second-order valence-electron chi connectivity index (χ2n) is 11.1. The third-order valence-electron chi connectivity index (χ3n) is 8.77. The highest BCUT2D eigenvalue weighted by molar-refractivity contribution is 7.92. The molecule has 5 rings (SSSR count). The lowest BCUT2D eigenvalue weighted by Gasteiger charge is -2.42. The highest BCUT2D eigenvalue weighted by Gasteiger charge is 2.55. The molecule has 2 aliphatic carbocycles. The van der Waals surface area contributed by atoms with Crippen LogP contribution in [-0.4, -0.2) is 48.7 Å². The number of rotatable bonds is 8. The Morgan fingerprint density at radius 2 is 1.70 bits per heavy atom. The summed E-state index contributed by atoms with van der Waals surface area (Å²) in [5.74, 6) is -6.01. The molecule has 1 heterocycles. The van der Waals surface area contributed by atoms with Crippen LogP contribution in [0.2, 0.25) is 5.02 Å². The fourth-order valence-electron chi connectivity index (χ4n) is 6.60. The summed E-state index contributed by atoms with van der Waals surface area (Å²) in [6.07, 6.45) is 3.99. The van der Waals surface area contributed by atoms with Crippen LogP contribution in [-0.2, 0) is 14.6 Å². The zero-order valence-corrected chi connectivity index (χ0v) is 23.1. The topological polar surface area (TPSA) is 113 Å². The van der Waals surface area contributed by atoms with Crippen LogP contribution < -0.4 is 10.6 Å². The summed E-state index contributed by atoms with van der Waals surface area (Å²) >= 11 is 6.27. The van der Waals surface area contributed by atoms with Crippen molar-refractivity contribution in [2.45, 2.75) is 73.2 Å². The molecule has 0 aromatic heterocycles. The summed E-state index contributed by atoms with van der Waals surface area (Å²) < 4.78 is 67.8. The first kappa shape index (κ1) is 29.0. The summed E-state index contributed by atoms with van der Waals surface area (Å²) in [5, 5.41) is 16.0. The van der Waals surface area contributed by atoms with Gasteiger partial charge in [-0.1, -0.05) is 11.6 Å². The van der Waals surface area contributed by atoms with E-state index in [-0.39, 0.29) is 64.1 Å². The Hall–Kier alpha value is -2.47. The van der Waals surface area contributed by atoms with Crippen molar-refractivity contribution in [1.82, 2.24) is 5.32 Å². The fraction of sp³-hybridized carbons (Fsp3) is 0.500. The monoisotopic (exact) mass is 598 g/mol. The van der Waals surface area contributed by atoms with Gasteiger partial charge in [0.25, 0.3) is 5.91 Å². The molecule has 2 aromatic rings. The number of anilines is 1. The van der Waals surface area contributed by atoms with Crippen molar-refractivity contribution < 1.29 is 36.3 Å². The smallest absolute Gasteiger partial charge is 0.255 e. The number of fused-ring (bicyclic) bond motifs is 2. The molecular weight excluding hydrogens is 569 g/mol. The second kappa shape index (κ2) is 11.1. The van der Waals surface area contributed by atoms with Gasteiger partial charge in [-0.2, -0.15) is 0 Å². The predicted octanol–water partition coefficient (Wildman–Crippen LogP) is 4.80. The van der Waals surface area contributed by atoms with Gasteiger partial charge >= 0.3 is 0 Å². The van der Waals surface area contributed by atoms with Crippen molar-refractivity contribution in [2.24, 2.45) is 11.8 Å². The number of nitrogens with one attached hydrogen (secondary N) is 2. The Morgan fingerprint density at radius 3 is 2.30 bits per heavy atom. The molecule has 7 nitrogen and oxygen atoms in total. The van der Waals surface area contributed by atoms with Crippen LogP contribution in [0.4, 0.5) is 18.9 Å². The molecule has 0 spiro atoms. The third-order valence-corrected chi connectivity index (χ3v) is 11.4. The predicted molar refractivity (Wildman–Crippen MR) is 142 cm³/mol. The fourth-order valence-corrected chi connectivity index (χ4v) is 9.00. The molecule has 5 atom stereocenters. The SMILES string of the molecule is O=C(Nc1cc(F)c(F)c(F)c1)c1ccc(Cl)c(S(=O)(=O)C2CC3CC[C@@H](C2)C3(O)CCC(=O)[C@@H]2CCCN2)c1. The summed E-state index contributed by atoms with van der Waals surface area (Å²) in [6, 6.07) is 4.68. The summed E-state index contributed by atoms with van der Waals surface area (Å²) in [6.45, 7) is 0.806. The zero-order chi connectivity index (χ0) is 28.8. The Balaban J connectivity index is 1.31. The quantitative estimate of drug-likeness (QED) is 0.376. The molecule has 40 heavy (non-hydrogen) atoms. The first-order valence-electron chi connectivity index (χ1n) is 13.4. The van der Waals surface area contributed by atoms with Gasteiger partial charge in [-0.25, -0.2) is 21.6 Å². The summed E-state index contributed by atoms with van der Waals surface area (Å²) in [4.78, 5) is 25.1. The number of hydrogen-bond acceptors (Lipinski definition) is 6. The maximum Gasteiger partial charge on any atom is 0.255 e. The number of halogens is 4. The number of carbonyl (C=O) groups is 2. The number of aliphatic hydroxyl groups is 1. The maximum atomic E-state index is 13.7. The minimum Gasteiger partial charge on any atom is -0.389 e. The molecule has 1 amide bonds. The highest BCUT2D eigenvalue weighted by atomic mass is 35.5. The molecule has 1 saturated heterocycles. The number of benzene rings is 2. The van der Waals surface area contributed by atoms with Crippen molar-refractivity contribution in [2.75, 3.05) is 11.9 Å². The van der Waals surface area contributed by atoms with E-state index >= 15 is 0 Å². The number of hydrogen-bond donors (Lipinski definition) is 3. The molecule has 2 aromatic carbocycles. The number of Topliss-reactive ketones (excluding diaryl/α,β-unsaturated/α-hetero) is 1. The maximum absolute atomic E-state index is 13.7. The lowest BCUT2D eigenvalue weighted by molar-refractivity contribution is -0.124. The molecule has 216 valence electrons. The number of amides is 1. The van der Waals surface area contributed by atoms with Gasteiger partial charge in [-0.15, -0.1) is 0 Å². The average molecular weight is 599 g/mol. The molecule has 3 fully saturated rings. The van der Waals surface area contributed by atoms with E-state index in [0.29, 0.717) is 31.4 Å². The summed E-state index contributed by atoms with van der Waals surface area (Å²) in [5.41, 5.74) is -1.57. The van der Waals surface area contributed by atoms with Gasteiger partial charge in [0, 0.05) is 29.8 Å². The van der Waals surface area contributed by atoms with E-state index in [0.717, 1.165) is 25.5 Å². The van der Waals surface area contributed by atoms with E-state index in [1.54, 1.807) is 0 Å². The minimum absolute atomic E-state index is 0.0769. The molecule has 12 heteroatoms. The zero-order valence-electron chi connectivity index (χ0n) is 21.6. The van der Waals surface area contributed by atoms with E-state index in [2.05, 4.69) is 10.6 Å². The van der Waals surface area contributed by atoms with Crippen molar-refractivity contribution in [3.05, 3.63) is 58.4 Å². The number of ketones is 1. The third kappa shape index (κ3) is 5.41. The molecule has 3 N–H and O–H groups in total. The Labute approximate surface area is 235 Å². The lowest BCUT2D eigenvalue weighted by atomic mass is 9.71. The van der Waals surface area contributed by atoms with Gasteiger partial charge < -0.3 is 15.7 Å². The lowest BCUT2D eigenvalue weighted by Crippen LogP contribution is -2.48. The Bertz CT molecular complexity index is 1410. The Kier molecular flexibility index (Phi) is 8.04. The van der Waals surface area contributed by atoms with Crippen LogP contribution >= 0.6 is 11.6 Å². The highest BCUT2D eigenvalue weighted by Crippen LogP contribution is 2.54. The molecule has 3 aliphatic rings. The van der Waals surface area contributed by atoms with E-state index in [1.807, 2.05) is 0 Å². The van der Waals surface area contributed by atoms with Crippen molar-refractivity contribution in [3.63, 3.8) is 0 Å². The van der Waals surface area contributed by atoms with E-state index < -0.39 is 44.0 Å². The summed E-state index contributed by atoms with van der Waals surface area (Å²) in [7, 11) is -4.03. The molecule has 2 saturated carbocycles. The van der Waals surface area contributed by atoms with E-state index in [1.165, 1.54) is 12.1 Å². The minimum atomic E-state index is -4.03. The van der Waals surface area contributed by atoms with Gasteiger partial charge in [0.2, 0.25) is 0 Å². The van der Waals surface area contributed by atoms with Crippen LogP contribution in [0.1, 0.15) is 61.7 Å². The normalized spacial score (nSPS) is 28.0. The van der Waals surface area contributed by atoms with Crippen molar-refractivity contribution in [3.8, 4) is 0 Å². The standard InChI is InChI=1S/C28H30ClF3N2O5S/c29-20-6-3-15(27(36)34-18-13-21(30)26(32)22(31)14-18)10-25(20)40(38,39)19-11-16-4-5-17(12-19)28(16,37)8-7-24(35)23-2-1-9-33-23/h3,6,10,13-14,16-17,19,23,33,37H,1-2,4-5,7-9,11-12H2,(H,34,36)/t16-,17?,19?,23-,28?/m0/s1. The van der Waals surface area contributed by atoms with Gasteiger partial charge in [-0.05, 0) is 81.5 Å². The first-order chi connectivity index (χ1) is 18.9. The largest absolute Gasteiger partial charge is 0.389 e. The van der Waals surface area contributed by atoms with Crippen LogP contribution in [0.15, 0.2) is 35.2 Å². The molecule has 0 radical (unpaired) electrons. The Morgan fingerprint density at radius 1 is 1.05 bits per heavy atom. The van der Waals surface area contributed by atoms with Crippen LogP contribution in [0.3, 0.4) is 0 Å². The van der Waals surface area contributed by atoms with Gasteiger partial charge in [0.15, 0.2) is 27.3 Å². The molecular formula is C28H30ClF3N2O5S. The van der Waals surface area contributed by atoms with E-state index in [9.17, 15) is 36.3 Å². The molecule has 3 unspecified atom stereocenters. The molecule has 2 bridgehead atoms. The van der Waals surface area contributed by atoms with Gasteiger partial charge in [0.1, 0.15) is 5.78 Å². The van der Waals surface area contributed by atoms with Gasteiger partial charge in [0.05, 0.1) is 26.8 Å². The average Bonchev–Trinajstić information content (AvgIpc) is 3.48. The van der Waals surface area contributed by atoms with Crippen molar-refractivity contribution in [1.29, 1.82) is 0 Å². The van der Waals surface area contributed by atoms with Crippen LogP contribution in [0, 0.1) is 29.3 Å². The van der Waals surface area contributed by atoms with Crippen molar-refractivity contribution >= 4 is 38.8 Å². The van der Waals surface area contributed by atoms with Gasteiger partial charge in [-0.3, -0.25) is 9.59 Å². The van der Waals surface area contributed by atoms with Crippen LogP contribution in [0.5, 0.6) is 0 Å².